The van der Waals surface area contributed by atoms with E-state index in [2.05, 4.69) is 15.6 Å². The number of H-pyrrole nitrogens is 1. The highest BCUT2D eigenvalue weighted by molar-refractivity contribution is 7.12. The van der Waals surface area contributed by atoms with Crippen molar-refractivity contribution in [2.45, 2.75) is 31.7 Å². The van der Waals surface area contributed by atoms with E-state index >= 15 is 0 Å². The van der Waals surface area contributed by atoms with Gasteiger partial charge in [0.15, 0.2) is 0 Å². The Morgan fingerprint density at radius 1 is 1.42 bits per heavy atom. The van der Waals surface area contributed by atoms with Gasteiger partial charge in [0.25, 0.3) is 5.56 Å². The van der Waals surface area contributed by atoms with Crippen molar-refractivity contribution in [3.05, 3.63) is 44.6 Å². The third-order valence-electron chi connectivity index (χ3n) is 5.00. The summed E-state index contributed by atoms with van der Waals surface area (Å²) in [5.41, 5.74) is 2.45. The van der Waals surface area contributed by atoms with Crippen LogP contribution in [0.15, 0.2) is 28.6 Å². The van der Waals surface area contributed by atoms with Crippen LogP contribution in [-0.2, 0) is 4.74 Å². The predicted octanol–water partition coefficient (Wildman–Crippen LogP) is 3.83. The molecule has 6 nitrogen and oxygen atoms in total. The Morgan fingerprint density at radius 2 is 2.19 bits per heavy atom. The number of hydrogen-bond acceptors (Lipinski definition) is 5. The zero-order chi connectivity index (χ0) is 18.3. The molecular formula is C19H17N3O3S. The fourth-order valence-electron chi connectivity index (χ4n) is 3.77. The van der Waals surface area contributed by atoms with Gasteiger partial charge < -0.3 is 14.3 Å². The van der Waals surface area contributed by atoms with Crippen LogP contribution in [-0.4, -0.2) is 22.6 Å². The molecule has 7 heteroatoms. The molecule has 0 atom stereocenters. The van der Waals surface area contributed by atoms with Gasteiger partial charge in [-0.1, -0.05) is 12.8 Å². The van der Waals surface area contributed by atoms with Crippen LogP contribution in [0.25, 0.3) is 22.0 Å². The standard InChI is InChI=1S/C19H17N3O3S/c1-25-19(24)15-6-11(10-26-15)14-9-22(13-4-2-3-5-13)17-12(7-20)8-21-18(23)16(14)17/h6,8-10,13H,2-5H2,1H3,(H,21,23). The molecule has 0 bridgehead atoms. The fraction of sp³-hybridized carbons (Fsp3) is 0.316. The number of esters is 1. The topological polar surface area (TPSA) is 87.9 Å². The van der Waals surface area contributed by atoms with Gasteiger partial charge in [0.1, 0.15) is 10.9 Å². The second-order valence-electron chi connectivity index (χ2n) is 6.45. The van der Waals surface area contributed by atoms with Crippen molar-refractivity contribution in [2.24, 2.45) is 0 Å². The monoisotopic (exact) mass is 367 g/mol. The third kappa shape index (κ3) is 2.54. The number of thiophene rings is 1. The second kappa shape index (κ2) is 6.46. The molecule has 0 saturated heterocycles. The Morgan fingerprint density at radius 3 is 2.88 bits per heavy atom. The SMILES string of the molecule is COC(=O)c1cc(-c2cn(C3CCCC3)c3c(C#N)c[nH]c(=O)c23)cs1. The van der Waals surface area contributed by atoms with Crippen LogP contribution >= 0.6 is 11.3 Å². The number of aromatic nitrogens is 2. The molecule has 1 saturated carbocycles. The molecule has 3 aromatic heterocycles. The minimum Gasteiger partial charge on any atom is -0.465 e. The number of pyridine rings is 1. The van der Waals surface area contributed by atoms with Crippen LogP contribution in [0.3, 0.4) is 0 Å². The molecule has 1 aliphatic rings. The number of rotatable bonds is 3. The van der Waals surface area contributed by atoms with Gasteiger partial charge in [-0.05, 0) is 29.9 Å². The molecule has 26 heavy (non-hydrogen) atoms. The van der Waals surface area contributed by atoms with Crippen LogP contribution in [0.2, 0.25) is 0 Å². The highest BCUT2D eigenvalue weighted by atomic mass is 32.1. The molecule has 0 spiro atoms. The molecule has 0 aliphatic heterocycles. The Balaban J connectivity index is 1.98. The molecule has 3 aromatic rings. The van der Waals surface area contributed by atoms with Gasteiger partial charge in [0.05, 0.1) is 23.6 Å². The summed E-state index contributed by atoms with van der Waals surface area (Å²) < 4.78 is 6.86. The molecule has 0 amide bonds. The van der Waals surface area contributed by atoms with Crippen molar-refractivity contribution in [3.63, 3.8) is 0 Å². The Bertz CT molecular complexity index is 1090. The maximum Gasteiger partial charge on any atom is 0.348 e. The summed E-state index contributed by atoms with van der Waals surface area (Å²) in [7, 11) is 1.34. The highest BCUT2D eigenvalue weighted by Crippen LogP contribution is 2.38. The molecule has 3 heterocycles. The van der Waals surface area contributed by atoms with Crippen LogP contribution in [0.5, 0.6) is 0 Å². The van der Waals surface area contributed by atoms with Crippen LogP contribution in [0.4, 0.5) is 0 Å². The first-order valence-electron chi connectivity index (χ1n) is 8.47. The first kappa shape index (κ1) is 16.6. The van der Waals surface area contributed by atoms with Crippen molar-refractivity contribution < 1.29 is 9.53 Å². The number of carbonyl (C=O) groups is 1. The maximum atomic E-state index is 12.6. The zero-order valence-electron chi connectivity index (χ0n) is 14.2. The van der Waals surface area contributed by atoms with Crippen LogP contribution < -0.4 is 5.56 Å². The molecule has 0 radical (unpaired) electrons. The van der Waals surface area contributed by atoms with Crippen molar-refractivity contribution in [2.75, 3.05) is 7.11 Å². The summed E-state index contributed by atoms with van der Waals surface area (Å²) >= 11 is 1.28. The Labute approximate surface area is 153 Å². The molecule has 1 aliphatic carbocycles. The molecule has 0 aromatic carbocycles. The van der Waals surface area contributed by atoms with Gasteiger partial charge in [-0.15, -0.1) is 11.3 Å². The predicted molar refractivity (Wildman–Crippen MR) is 99.4 cm³/mol. The van der Waals surface area contributed by atoms with E-state index < -0.39 is 5.97 Å². The second-order valence-corrected chi connectivity index (χ2v) is 7.36. The van der Waals surface area contributed by atoms with Crippen LogP contribution in [0, 0.1) is 11.3 Å². The van der Waals surface area contributed by atoms with Crippen molar-refractivity contribution in [1.82, 2.24) is 9.55 Å². The molecule has 1 N–H and O–H groups in total. The van der Waals surface area contributed by atoms with Crippen molar-refractivity contribution >= 4 is 28.2 Å². The third-order valence-corrected chi connectivity index (χ3v) is 5.91. The average molecular weight is 367 g/mol. The highest BCUT2D eigenvalue weighted by Gasteiger charge is 2.24. The van der Waals surface area contributed by atoms with Gasteiger partial charge in [-0.2, -0.15) is 5.26 Å². The lowest BCUT2D eigenvalue weighted by molar-refractivity contribution is 0.0606. The summed E-state index contributed by atoms with van der Waals surface area (Å²) in [6.07, 6.45) is 7.81. The lowest BCUT2D eigenvalue weighted by atomic mass is 10.1. The fourth-order valence-corrected chi connectivity index (χ4v) is 4.59. The minimum atomic E-state index is -0.396. The first-order valence-corrected chi connectivity index (χ1v) is 9.35. The number of nitrogens with one attached hydrogen (secondary N) is 1. The number of nitriles is 1. The van der Waals surface area contributed by atoms with Gasteiger partial charge in [0.2, 0.25) is 0 Å². The number of fused-ring (bicyclic) bond motifs is 1. The van der Waals surface area contributed by atoms with E-state index in [0.29, 0.717) is 27.4 Å². The van der Waals surface area contributed by atoms with Gasteiger partial charge >= 0.3 is 5.97 Å². The van der Waals surface area contributed by atoms with Crippen molar-refractivity contribution in [3.8, 4) is 17.2 Å². The summed E-state index contributed by atoms with van der Waals surface area (Å²) in [6, 6.07) is 4.23. The number of hydrogen-bond donors (Lipinski definition) is 1. The van der Waals surface area contributed by atoms with E-state index in [-0.39, 0.29) is 5.56 Å². The molecule has 4 rings (SSSR count). The number of ether oxygens (including phenoxy) is 1. The van der Waals surface area contributed by atoms with E-state index in [4.69, 9.17) is 4.74 Å². The first-order chi connectivity index (χ1) is 12.6. The number of methoxy groups -OCH3 is 1. The Kier molecular flexibility index (Phi) is 4.13. The summed E-state index contributed by atoms with van der Waals surface area (Å²) in [4.78, 5) is 27.5. The number of aromatic amines is 1. The normalized spacial score (nSPS) is 14.6. The molecule has 0 unspecified atom stereocenters. The summed E-state index contributed by atoms with van der Waals surface area (Å²) in [5, 5.41) is 11.9. The Hall–Kier alpha value is -2.85. The summed E-state index contributed by atoms with van der Waals surface area (Å²) in [6.45, 7) is 0. The average Bonchev–Trinajstić information content (AvgIpc) is 3.39. The maximum absolute atomic E-state index is 12.6. The molecule has 1 fully saturated rings. The van der Waals surface area contributed by atoms with Gasteiger partial charge in [-0.3, -0.25) is 4.79 Å². The molecule has 132 valence electrons. The smallest absolute Gasteiger partial charge is 0.348 e. The van der Waals surface area contributed by atoms with E-state index in [1.165, 1.54) is 24.6 Å². The lowest BCUT2D eigenvalue weighted by Gasteiger charge is -2.13. The number of nitrogens with zero attached hydrogens (tertiary/aromatic N) is 2. The summed E-state index contributed by atoms with van der Waals surface area (Å²) in [5.74, 6) is -0.396. The van der Waals surface area contributed by atoms with Gasteiger partial charge in [0, 0.05) is 24.0 Å². The van der Waals surface area contributed by atoms with E-state index in [1.807, 2.05) is 11.6 Å². The van der Waals surface area contributed by atoms with E-state index in [9.17, 15) is 14.9 Å². The van der Waals surface area contributed by atoms with Gasteiger partial charge in [-0.25, -0.2) is 4.79 Å². The number of carbonyl (C=O) groups excluding carboxylic acids is 1. The lowest BCUT2D eigenvalue weighted by Crippen LogP contribution is -2.09. The quantitative estimate of drug-likeness (QED) is 0.713. The van der Waals surface area contributed by atoms with Crippen molar-refractivity contribution in [1.29, 1.82) is 5.26 Å². The largest absolute Gasteiger partial charge is 0.465 e. The molecular weight excluding hydrogens is 350 g/mol. The minimum absolute atomic E-state index is 0.225. The van der Waals surface area contributed by atoms with E-state index in [0.717, 1.165) is 36.8 Å². The van der Waals surface area contributed by atoms with E-state index in [1.54, 1.807) is 6.07 Å². The van der Waals surface area contributed by atoms with Crippen LogP contribution in [0.1, 0.15) is 47.0 Å². The zero-order valence-corrected chi connectivity index (χ0v) is 15.1.